The predicted molar refractivity (Wildman–Crippen MR) is 70.0 cm³/mol. The van der Waals surface area contributed by atoms with Gasteiger partial charge >= 0.3 is 0 Å². The van der Waals surface area contributed by atoms with Crippen LogP contribution in [0.1, 0.15) is 18.4 Å². The van der Waals surface area contributed by atoms with Gasteiger partial charge < -0.3 is 5.73 Å². The van der Waals surface area contributed by atoms with Crippen molar-refractivity contribution in [2.75, 3.05) is 12.3 Å². The van der Waals surface area contributed by atoms with Crippen LogP contribution in [0.4, 0.5) is 0 Å². The van der Waals surface area contributed by atoms with Crippen LogP contribution in [0.15, 0.2) is 24.3 Å². The lowest BCUT2D eigenvalue weighted by Crippen LogP contribution is -2.15. The van der Waals surface area contributed by atoms with Gasteiger partial charge in [-0.25, -0.2) is 8.42 Å². The number of hydrogen-bond acceptors (Lipinski definition) is 3. The second-order valence-corrected chi connectivity index (χ2v) is 7.28. The van der Waals surface area contributed by atoms with Crippen molar-refractivity contribution >= 4 is 21.4 Å². The Labute approximate surface area is 107 Å². The summed E-state index contributed by atoms with van der Waals surface area (Å²) in [4.78, 5) is 0. The van der Waals surface area contributed by atoms with Crippen LogP contribution in [0.3, 0.4) is 0 Å². The smallest absolute Gasteiger partial charge is 0.153 e. The van der Waals surface area contributed by atoms with Crippen LogP contribution in [0.2, 0.25) is 5.02 Å². The van der Waals surface area contributed by atoms with Gasteiger partial charge in [-0.3, -0.25) is 0 Å². The van der Waals surface area contributed by atoms with E-state index in [-0.39, 0.29) is 22.8 Å². The van der Waals surface area contributed by atoms with Crippen molar-refractivity contribution in [3.05, 3.63) is 34.9 Å². The maximum absolute atomic E-state index is 11.9. The van der Waals surface area contributed by atoms with Gasteiger partial charge in [0.2, 0.25) is 0 Å². The first-order chi connectivity index (χ1) is 8.01. The van der Waals surface area contributed by atoms with Crippen LogP contribution < -0.4 is 5.73 Å². The van der Waals surface area contributed by atoms with Crippen molar-refractivity contribution in [3.8, 4) is 0 Å². The lowest BCUT2D eigenvalue weighted by atomic mass is 10.1. The largest absolute Gasteiger partial charge is 0.330 e. The minimum Gasteiger partial charge on any atom is -0.330 e. The molecule has 0 amide bonds. The van der Waals surface area contributed by atoms with E-state index in [4.69, 9.17) is 17.3 Å². The summed E-state index contributed by atoms with van der Waals surface area (Å²) in [7, 11) is -3.02. The number of sulfone groups is 1. The summed E-state index contributed by atoms with van der Waals surface area (Å²) in [5.74, 6) is 0.229. The first-order valence-corrected chi connectivity index (χ1v) is 7.77. The average molecular weight is 274 g/mol. The van der Waals surface area contributed by atoms with Crippen LogP contribution in [-0.4, -0.2) is 26.0 Å². The molecule has 2 rings (SSSR count). The molecule has 0 unspecified atom stereocenters. The third kappa shape index (κ3) is 2.34. The molecule has 94 valence electrons. The van der Waals surface area contributed by atoms with Gasteiger partial charge in [0.1, 0.15) is 0 Å². The van der Waals surface area contributed by atoms with E-state index in [2.05, 4.69) is 0 Å². The molecule has 0 heterocycles. The van der Waals surface area contributed by atoms with Crippen LogP contribution in [0.25, 0.3) is 0 Å². The normalized spacial score (nSPS) is 28.1. The minimum absolute atomic E-state index is 0.0173. The summed E-state index contributed by atoms with van der Waals surface area (Å²) in [6.07, 6.45) is 0. The van der Waals surface area contributed by atoms with Crippen LogP contribution in [-0.2, 0) is 9.84 Å². The highest BCUT2D eigenvalue weighted by Crippen LogP contribution is 2.52. The van der Waals surface area contributed by atoms with E-state index in [0.717, 1.165) is 5.56 Å². The maximum Gasteiger partial charge on any atom is 0.153 e. The average Bonchev–Trinajstić information content (AvgIpc) is 3.04. The first-order valence-electron chi connectivity index (χ1n) is 5.68. The number of halogens is 1. The molecule has 0 aromatic heterocycles. The lowest BCUT2D eigenvalue weighted by molar-refractivity contribution is 0.593. The van der Waals surface area contributed by atoms with E-state index < -0.39 is 9.84 Å². The molecule has 0 aliphatic heterocycles. The van der Waals surface area contributed by atoms with E-state index in [9.17, 15) is 8.42 Å². The number of rotatable bonds is 4. The topological polar surface area (TPSA) is 60.2 Å². The molecular weight excluding hydrogens is 258 g/mol. The van der Waals surface area contributed by atoms with E-state index in [1.165, 1.54) is 0 Å². The molecule has 2 N–H and O–H groups in total. The zero-order valence-electron chi connectivity index (χ0n) is 9.64. The van der Waals surface area contributed by atoms with Gasteiger partial charge in [0.05, 0.1) is 5.25 Å². The molecule has 0 saturated heterocycles. The van der Waals surface area contributed by atoms with E-state index in [1.807, 2.05) is 18.2 Å². The molecule has 0 radical (unpaired) electrons. The number of hydrogen-bond donors (Lipinski definition) is 1. The highest BCUT2D eigenvalue weighted by Gasteiger charge is 2.56. The molecule has 5 heteroatoms. The minimum atomic E-state index is -3.02. The summed E-state index contributed by atoms with van der Waals surface area (Å²) in [6, 6.07) is 7.39. The molecule has 3 atom stereocenters. The van der Waals surface area contributed by atoms with Gasteiger partial charge in [0, 0.05) is 16.7 Å². The SMILES string of the molecule is CCS(=O)(=O)[C@H]1[C@@H](CN)[C@@H]1c1cccc(Cl)c1. The molecule has 0 spiro atoms. The summed E-state index contributed by atoms with van der Waals surface area (Å²) < 4.78 is 23.8. The lowest BCUT2D eigenvalue weighted by Gasteiger charge is -2.01. The molecule has 1 aromatic carbocycles. The van der Waals surface area contributed by atoms with Gasteiger partial charge in [-0.2, -0.15) is 0 Å². The summed E-state index contributed by atoms with van der Waals surface area (Å²) in [5, 5.41) is 0.314. The Balaban J connectivity index is 2.29. The van der Waals surface area contributed by atoms with Crippen LogP contribution >= 0.6 is 11.6 Å². The zero-order valence-corrected chi connectivity index (χ0v) is 11.2. The molecule has 0 bridgehead atoms. The Morgan fingerprint density at radius 3 is 2.65 bits per heavy atom. The maximum atomic E-state index is 11.9. The van der Waals surface area contributed by atoms with Crippen molar-refractivity contribution in [1.29, 1.82) is 0 Å². The predicted octanol–water partition coefficient (Wildman–Crippen LogP) is 1.82. The van der Waals surface area contributed by atoms with Crippen LogP contribution in [0, 0.1) is 5.92 Å². The van der Waals surface area contributed by atoms with Crippen molar-refractivity contribution in [2.45, 2.75) is 18.1 Å². The summed E-state index contributed by atoms with van der Waals surface area (Å²) in [6.45, 7) is 2.08. The molecule has 1 saturated carbocycles. The Morgan fingerprint density at radius 2 is 2.12 bits per heavy atom. The van der Waals surface area contributed by atoms with Gasteiger partial charge in [0.15, 0.2) is 9.84 Å². The fraction of sp³-hybridized carbons (Fsp3) is 0.500. The van der Waals surface area contributed by atoms with Crippen molar-refractivity contribution in [3.63, 3.8) is 0 Å². The van der Waals surface area contributed by atoms with E-state index in [0.29, 0.717) is 11.6 Å². The zero-order chi connectivity index (χ0) is 12.6. The van der Waals surface area contributed by atoms with Crippen LogP contribution in [0.5, 0.6) is 0 Å². The van der Waals surface area contributed by atoms with Crippen molar-refractivity contribution in [1.82, 2.24) is 0 Å². The van der Waals surface area contributed by atoms with Gasteiger partial charge in [0.25, 0.3) is 0 Å². The Kier molecular flexibility index (Phi) is 3.48. The van der Waals surface area contributed by atoms with Gasteiger partial charge in [-0.1, -0.05) is 30.7 Å². The summed E-state index contributed by atoms with van der Waals surface area (Å²) >= 11 is 5.92. The molecular formula is C12H16ClNO2S. The Morgan fingerprint density at radius 1 is 1.41 bits per heavy atom. The quantitative estimate of drug-likeness (QED) is 0.910. The van der Waals surface area contributed by atoms with E-state index >= 15 is 0 Å². The second-order valence-electron chi connectivity index (χ2n) is 4.40. The molecule has 1 aromatic rings. The Hall–Kier alpha value is -0.580. The van der Waals surface area contributed by atoms with E-state index in [1.54, 1.807) is 13.0 Å². The number of nitrogens with two attached hydrogens (primary N) is 1. The fourth-order valence-corrected chi connectivity index (χ4v) is 4.57. The highest BCUT2D eigenvalue weighted by atomic mass is 35.5. The standard InChI is InChI=1S/C12H16ClNO2S/c1-2-17(15,16)12-10(7-14)11(12)8-4-3-5-9(13)6-8/h3-6,10-12H,2,7,14H2,1H3/t10-,11-,12-/m0/s1. The molecule has 17 heavy (non-hydrogen) atoms. The van der Waals surface area contributed by atoms with Crippen molar-refractivity contribution < 1.29 is 8.42 Å². The molecule has 1 aliphatic rings. The molecule has 1 fully saturated rings. The first kappa shape index (κ1) is 12.9. The Bertz CT molecular complexity index is 515. The molecule has 3 nitrogen and oxygen atoms in total. The third-order valence-corrected chi connectivity index (χ3v) is 5.93. The monoisotopic (exact) mass is 273 g/mol. The highest BCUT2D eigenvalue weighted by molar-refractivity contribution is 7.92. The van der Waals surface area contributed by atoms with Gasteiger partial charge in [-0.05, 0) is 30.2 Å². The van der Waals surface area contributed by atoms with Crippen molar-refractivity contribution in [2.24, 2.45) is 11.7 Å². The van der Waals surface area contributed by atoms with Gasteiger partial charge in [-0.15, -0.1) is 0 Å². The molecule has 1 aliphatic carbocycles. The third-order valence-electron chi connectivity index (χ3n) is 3.42. The fourth-order valence-electron chi connectivity index (χ4n) is 2.46. The summed E-state index contributed by atoms with van der Waals surface area (Å²) in [5.41, 5.74) is 6.63. The second kappa shape index (κ2) is 4.59. The number of benzene rings is 1.